The van der Waals surface area contributed by atoms with Crippen molar-refractivity contribution in [1.82, 2.24) is 0 Å². The van der Waals surface area contributed by atoms with Crippen molar-refractivity contribution in [3.8, 4) is 11.1 Å². The van der Waals surface area contributed by atoms with Gasteiger partial charge in [0.25, 0.3) is 0 Å². The Hall–Kier alpha value is -1.35. The fourth-order valence-electron chi connectivity index (χ4n) is 1.57. The molecule has 78 valence electrons. The highest BCUT2D eigenvalue weighted by atomic mass is 32.1. The number of halogens is 1. The zero-order valence-electron chi connectivity index (χ0n) is 8.67. The standard InChI is InChI=1S/C12H12FNS/c1-7-5-9(3-4-11(7)13)10-6-8(2)15-12(10)14/h3-6H,14H2,1-2H3. The van der Waals surface area contributed by atoms with Gasteiger partial charge in [0.05, 0.1) is 5.00 Å². The molecule has 1 aromatic heterocycles. The topological polar surface area (TPSA) is 26.0 Å². The number of rotatable bonds is 1. The van der Waals surface area contributed by atoms with E-state index in [9.17, 15) is 4.39 Å². The van der Waals surface area contributed by atoms with Crippen LogP contribution in [0.2, 0.25) is 0 Å². The highest BCUT2D eigenvalue weighted by molar-refractivity contribution is 7.16. The average Bonchev–Trinajstić information content (AvgIpc) is 2.50. The Morgan fingerprint density at radius 3 is 2.47 bits per heavy atom. The highest BCUT2D eigenvalue weighted by Gasteiger charge is 2.07. The van der Waals surface area contributed by atoms with E-state index in [1.165, 1.54) is 10.9 Å². The van der Waals surface area contributed by atoms with Crippen LogP contribution in [0.15, 0.2) is 24.3 Å². The van der Waals surface area contributed by atoms with E-state index in [1.54, 1.807) is 24.3 Å². The number of nitrogen functional groups attached to an aromatic ring is 1. The van der Waals surface area contributed by atoms with E-state index in [4.69, 9.17) is 5.73 Å². The fourth-order valence-corrected chi connectivity index (χ4v) is 2.38. The summed E-state index contributed by atoms with van der Waals surface area (Å²) >= 11 is 1.56. The van der Waals surface area contributed by atoms with Crippen molar-refractivity contribution in [1.29, 1.82) is 0 Å². The molecular formula is C12H12FNS. The lowest BCUT2D eigenvalue weighted by Crippen LogP contribution is -1.86. The second-order valence-corrected chi connectivity index (χ2v) is 4.89. The molecule has 0 fully saturated rings. The summed E-state index contributed by atoms with van der Waals surface area (Å²) in [5.41, 5.74) is 8.52. The molecule has 3 heteroatoms. The lowest BCUT2D eigenvalue weighted by Gasteiger charge is -2.02. The Balaban J connectivity index is 2.54. The number of aryl methyl sites for hydroxylation is 2. The summed E-state index contributed by atoms with van der Waals surface area (Å²) in [6, 6.07) is 7.11. The summed E-state index contributed by atoms with van der Waals surface area (Å²) in [5.74, 6) is -0.177. The van der Waals surface area contributed by atoms with Gasteiger partial charge in [-0.1, -0.05) is 6.07 Å². The van der Waals surface area contributed by atoms with Gasteiger partial charge in [-0.15, -0.1) is 11.3 Å². The van der Waals surface area contributed by atoms with Crippen LogP contribution in [0, 0.1) is 19.7 Å². The Morgan fingerprint density at radius 1 is 1.20 bits per heavy atom. The fraction of sp³-hybridized carbons (Fsp3) is 0.167. The minimum absolute atomic E-state index is 0.177. The molecule has 0 bridgehead atoms. The lowest BCUT2D eigenvalue weighted by atomic mass is 10.1. The van der Waals surface area contributed by atoms with Crippen molar-refractivity contribution >= 4 is 16.3 Å². The predicted molar refractivity (Wildman–Crippen MR) is 63.6 cm³/mol. The van der Waals surface area contributed by atoms with Gasteiger partial charge in [0.2, 0.25) is 0 Å². The van der Waals surface area contributed by atoms with Crippen LogP contribution in [-0.4, -0.2) is 0 Å². The summed E-state index contributed by atoms with van der Waals surface area (Å²) in [4.78, 5) is 1.17. The highest BCUT2D eigenvalue weighted by Crippen LogP contribution is 2.34. The Morgan fingerprint density at radius 2 is 1.93 bits per heavy atom. The van der Waals surface area contributed by atoms with Crippen molar-refractivity contribution in [3.63, 3.8) is 0 Å². The number of hydrogen-bond acceptors (Lipinski definition) is 2. The van der Waals surface area contributed by atoms with Crippen LogP contribution >= 0.6 is 11.3 Å². The van der Waals surface area contributed by atoms with Crippen LogP contribution in [-0.2, 0) is 0 Å². The number of anilines is 1. The molecule has 2 rings (SSSR count). The van der Waals surface area contributed by atoms with Gasteiger partial charge in [0.15, 0.2) is 0 Å². The average molecular weight is 221 g/mol. The van der Waals surface area contributed by atoms with Crippen LogP contribution in [0.1, 0.15) is 10.4 Å². The molecule has 0 saturated heterocycles. The minimum Gasteiger partial charge on any atom is -0.390 e. The van der Waals surface area contributed by atoms with E-state index in [1.807, 2.05) is 19.1 Å². The van der Waals surface area contributed by atoms with Crippen molar-refractivity contribution in [2.24, 2.45) is 0 Å². The Labute approximate surface area is 92.4 Å². The Bertz CT molecular complexity index is 502. The first-order valence-electron chi connectivity index (χ1n) is 4.70. The maximum absolute atomic E-state index is 13.1. The maximum Gasteiger partial charge on any atom is 0.126 e. The largest absolute Gasteiger partial charge is 0.390 e. The van der Waals surface area contributed by atoms with E-state index in [0.717, 1.165) is 16.1 Å². The number of thiophene rings is 1. The van der Waals surface area contributed by atoms with Gasteiger partial charge in [-0.05, 0) is 43.2 Å². The second kappa shape index (κ2) is 3.66. The number of hydrogen-bond donors (Lipinski definition) is 1. The van der Waals surface area contributed by atoms with E-state index in [0.29, 0.717) is 5.56 Å². The molecule has 1 heterocycles. The van der Waals surface area contributed by atoms with Gasteiger partial charge in [0, 0.05) is 10.4 Å². The van der Waals surface area contributed by atoms with Crippen LogP contribution < -0.4 is 5.73 Å². The molecule has 0 radical (unpaired) electrons. The third-order valence-corrected chi connectivity index (χ3v) is 3.23. The zero-order chi connectivity index (χ0) is 11.0. The smallest absolute Gasteiger partial charge is 0.126 e. The van der Waals surface area contributed by atoms with Crippen molar-refractivity contribution < 1.29 is 4.39 Å². The summed E-state index contributed by atoms with van der Waals surface area (Å²) in [5, 5.41) is 0.790. The molecule has 0 unspecified atom stereocenters. The molecule has 0 spiro atoms. The third kappa shape index (κ3) is 1.88. The molecule has 15 heavy (non-hydrogen) atoms. The molecule has 0 aliphatic carbocycles. The van der Waals surface area contributed by atoms with Crippen molar-refractivity contribution in [2.45, 2.75) is 13.8 Å². The third-order valence-electron chi connectivity index (χ3n) is 2.35. The first-order chi connectivity index (χ1) is 7.08. The minimum atomic E-state index is -0.177. The zero-order valence-corrected chi connectivity index (χ0v) is 9.49. The van der Waals surface area contributed by atoms with Crippen LogP contribution in [0.25, 0.3) is 11.1 Å². The normalized spacial score (nSPS) is 10.6. The molecule has 2 N–H and O–H groups in total. The number of benzene rings is 1. The molecule has 1 aromatic carbocycles. The van der Waals surface area contributed by atoms with E-state index >= 15 is 0 Å². The molecule has 0 saturated carbocycles. The summed E-state index contributed by atoms with van der Waals surface area (Å²) < 4.78 is 13.1. The van der Waals surface area contributed by atoms with E-state index < -0.39 is 0 Å². The van der Waals surface area contributed by atoms with Gasteiger partial charge >= 0.3 is 0 Å². The van der Waals surface area contributed by atoms with E-state index in [-0.39, 0.29) is 5.82 Å². The van der Waals surface area contributed by atoms with Crippen LogP contribution in [0.5, 0.6) is 0 Å². The predicted octanol–water partition coefficient (Wildman–Crippen LogP) is 3.75. The molecule has 0 atom stereocenters. The summed E-state index contributed by atoms with van der Waals surface area (Å²) in [6.07, 6.45) is 0. The van der Waals surface area contributed by atoms with Gasteiger partial charge in [0.1, 0.15) is 5.82 Å². The number of nitrogens with two attached hydrogens (primary N) is 1. The molecule has 1 nitrogen and oxygen atoms in total. The van der Waals surface area contributed by atoms with Gasteiger partial charge in [-0.3, -0.25) is 0 Å². The van der Waals surface area contributed by atoms with Gasteiger partial charge in [-0.2, -0.15) is 0 Å². The first-order valence-corrected chi connectivity index (χ1v) is 5.52. The molecule has 2 aromatic rings. The lowest BCUT2D eigenvalue weighted by molar-refractivity contribution is 0.619. The van der Waals surface area contributed by atoms with Crippen LogP contribution in [0.3, 0.4) is 0 Å². The van der Waals surface area contributed by atoms with E-state index in [2.05, 4.69) is 0 Å². The second-order valence-electron chi connectivity index (χ2n) is 3.60. The summed E-state index contributed by atoms with van der Waals surface area (Å²) in [6.45, 7) is 3.77. The van der Waals surface area contributed by atoms with Crippen LogP contribution in [0.4, 0.5) is 9.39 Å². The maximum atomic E-state index is 13.1. The van der Waals surface area contributed by atoms with Gasteiger partial charge < -0.3 is 5.73 Å². The van der Waals surface area contributed by atoms with Crippen molar-refractivity contribution in [3.05, 3.63) is 40.5 Å². The molecular weight excluding hydrogens is 209 g/mol. The molecule has 0 aliphatic rings. The summed E-state index contributed by atoms with van der Waals surface area (Å²) in [7, 11) is 0. The Kier molecular flexibility index (Phi) is 2.49. The monoisotopic (exact) mass is 221 g/mol. The SMILES string of the molecule is Cc1cc(-c2ccc(F)c(C)c2)c(N)s1. The van der Waals surface area contributed by atoms with Crippen molar-refractivity contribution in [2.75, 3.05) is 5.73 Å². The quantitative estimate of drug-likeness (QED) is 0.779. The molecule has 0 aliphatic heterocycles. The first kappa shape index (κ1) is 10.2. The van der Waals surface area contributed by atoms with Gasteiger partial charge in [-0.25, -0.2) is 4.39 Å². The molecule has 0 amide bonds.